The van der Waals surface area contributed by atoms with E-state index in [9.17, 15) is 33.7 Å². The molecule has 1 fully saturated rings. The van der Waals surface area contributed by atoms with Crippen LogP contribution in [-0.4, -0.2) is 111 Å². The van der Waals surface area contributed by atoms with E-state index in [1.807, 2.05) is 0 Å². The Kier molecular flexibility index (Phi) is 12.6. The maximum Gasteiger partial charge on any atom is 0.470 e. The SMILES string of the molecule is Cc1cn([C@H]2C[C@H](O)[C@@H](CO)O2)c(=O)[nH]c1=O.O=C[C@H](OP(=O)(O)O)[C@@H](OP(=O)(O)O)[C@H](O)[C@H](O)CO. The van der Waals surface area contributed by atoms with Crippen molar-refractivity contribution in [2.75, 3.05) is 13.2 Å². The summed E-state index contributed by atoms with van der Waals surface area (Å²) in [6.07, 6.45) is -9.79. The number of nitrogens with zero attached hydrogens (tertiary/aromatic N) is 1. The van der Waals surface area contributed by atoms with E-state index >= 15 is 0 Å². The third kappa shape index (κ3) is 10.5. The highest BCUT2D eigenvalue weighted by molar-refractivity contribution is 7.46. The van der Waals surface area contributed by atoms with Gasteiger partial charge in [0.25, 0.3) is 5.56 Å². The number of ether oxygens (including phenoxy) is 1. The lowest BCUT2D eigenvalue weighted by Crippen LogP contribution is -2.48. The highest BCUT2D eigenvalue weighted by atomic mass is 31.2. The van der Waals surface area contributed by atoms with Crippen molar-refractivity contribution >= 4 is 21.9 Å². The first-order chi connectivity index (χ1) is 16.9. The lowest BCUT2D eigenvalue weighted by Gasteiger charge is -2.29. The number of aryl methyl sites for hydroxylation is 1. The van der Waals surface area contributed by atoms with E-state index in [0.717, 1.165) is 0 Å². The Labute approximate surface area is 207 Å². The molecule has 21 heteroatoms. The number of aromatic amines is 1. The van der Waals surface area contributed by atoms with Gasteiger partial charge in [0.2, 0.25) is 0 Å². The van der Waals surface area contributed by atoms with Gasteiger partial charge in [-0.3, -0.25) is 23.4 Å². The van der Waals surface area contributed by atoms with Gasteiger partial charge in [0.1, 0.15) is 30.6 Å². The zero-order valence-corrected chi connectivity index (χ0v) is 20.7. The summed E-state index contributed by atoms with van der Waals surface area (Å²) < 4.78 is 35.7. The predicted octanol–water partition coefficient (Wildman–Crippen LogP) is -4.66. The van der Waals surface area contributed by atoms with Crippen LogP contribution in [0, 0.1) is 6.92 Å². The second-order valence-corrected chi connectivity index (χ2v) is 9.98. The summed E-state index contributed by atoms with van der Waals surface area (Å²) in [4.78, 5) is 69.9. The Hall–Kier alpha value is -1.67. The van der Waals surface area contributed by atoms with Gasteiger partial charge in [0.05, 0.1) is 19.3 Å². The summed E-state index contributed by atoms with van der Waals surface area (Å²) in [6.45, 7) is 0.183. The molecule has 0 radical (unpaired) electrons. The Bertz CT molecular complexity index is 1100. The first-order valence-corrected chi connectivity index (χ1v) is 13.2. The van der Waals surface area contributed by atoms with Crippen molar-refractivity contribution in [1.82, 2.24) is 9.55 Å². The van der Waals surface area contributed by atoms with Crippen LogP contribution < -0.4 is 11.2 Å². The fraction of sp³-hybridized carbons (Fsp3) is 0.688. The molecule has 7 atom stereocenters. The van der Waals surface area contributed by atoms with Gasteiger partial charge in [-0.25, -0.2) is 13.9 Å². The number of carbonyl (C=O) groups excluding carboxylic acids is 1. The molecule has 214 valence electrons. The Morgan fingerprint density at radius 1 is 1.16 bits per heavy atom. The molecule has 1 aromatic heterocycles. The van der Waals surface area contributed by atoms with Crippen molar-refractivity contribution in [1.29, 1.82) is 0 Å². The standard InChI is InChI=1S/C10H14N2O5.C6H14O12P2/c1-5-3-12(10(16)11-9(5)15)8-2-6(14)7(4-13)17-8;7-1-3(9)5(10)6(18-20(14,15)16)4(2-8)17-19(11,12)13/h3,6-8,13-14H,2,4H2,1H3,(H,11,15,16);2-7,9-10H,1H2,(H2,11,12,13)(H2,14,15,16)/t6-,7+,8+;3-,4+,5-,6-/m01/s1. The van der Waals surface area contributed by atoms with Gasteiger partial charge in [-0.1, -0.05) is 0 Å². The van der Waals surface area contributed by atoms with Crippen molar-refractivity contribution in [3.63, 3.8) is 0 Å². The summed E-state index contributed by atoms with van der Waals surface area (Å²) in [6, 6.07) is 0. The van der Waals surface area contributed by atoms with E-state index in [-0.39, 0.29) is 19.3 Å². The number of nitrogens with one attached hydrogen (secondary N) is 1. The fourth-order valence-corrected chi connectivity index (χ4v) is 4.02. The number of rotatable bonds is 11. The largest absolute Gasteiger partial charge is 0.470 e. The molecule has 2 rings (SSSR count). The van der Waals surface area contributed by atoms with E-state index in [2.05, 4.69) is 14.0 Å². The summed E-state index contributed by atoms with van der Waals surface area (Å²) in [5.41, 5.74) is -0.643. The Balaban J connectivity index is 0.000000373. The third-order valence-corrected chi connectivity index (χ3v) is 5.77. The third-order valence-electron chi connectivity index (χ3n) is 4.73. The van der Waals surface area contributed by atoms with Crippen molar-refractivity contribution in [3.8, 4) is 0 Å². The molecule has 1 aromatic rings. The molecular formula is C16H28N2O17P2. The number of phosphoric acid groups is 2. The summed E-state index contributed by atoms with van der Waals surface area (Å²) in [7, 11) is -10.6. The van der Waals surface area contributed by atoms with E-state index in [1.165, 1.54) is 10.8 Å². The van der Waals surface area contributed by atoms with Crippen molar-refractivity contribution in [2.45, 2.75) is 56.2 Å². The number of aliphatic hydroxyl groups excluding tert-OH is 5. The highest BCUT2D eigenvalue weighted by Crippen LogP contribution is 2.43. The average molecular weight is 582 g/mol. The molecule has 0 aliphatic carbocycles. The van der Waals surface area contributed by atoms with Crippen LogP contribution in [0.15, 0.2) is 15.8 Å². The second kappa shape index (κ2) is 13.9. The minimum absolute atomic E-state index is 0.205. The van der Waals surface area contributed by atoms with Gasteiger partial charge < -0.3 is 54.6 Å². The van der Waals surface area contributed by atoms with Crippen molar-refractivity contribution in [3.05, 3.63) is 32.6 Å². The minimum Gasteiger partial charge on any atom is -0.394 e. The highest BCUT2D eigenvalue weighted by Gasteiger charge is 2.41. The molecule has 0 bridgehead atoms. The van der Waals surface area contributed by atoms with Gasteiger partial charge in [0.15, 0.2) is 12.4 Å². The van der Waals surface area contributed by atoms with Crippen LogP contribution in [0.5, 0.6) is 0 Å². The number of aromatic nitrogens is 2. The average Bonchev–Trinajstić information content (AvgIpc) is 3.16. The molecule has 0 saturated carbocycles. The number of carbonyl (C=O) groups is 1. The number of hydrogen-bond donors (Lipinski definition) is 10. The quantitative estimate of drug-likeness (QED) is 0.0865. The van der Waals surface area contributed by atoms with Crippen LogP contribution in [-0.2, 0) is 27.7 Å². The number of aldehydes is 1. The number of hydrogen-bond acceptors (Lipinski definition) is 13. The topological polar surface area (TPSA) is 316 Å². The van der Waals surface area contributed by atoms with Crippen LogP contribution in [0.2, 0.25) is 0 Å². The van der Waals surface area contributed by atoms with E-state index in [0.29, 0.717) is 5.56 Å². The van der Waals surface area contributed by atoms with Crippen LogP contribution in [0.1, 0.15) is 18.2 Å². The monoisotopic (exact) mass is 582 g/mol. The number of aliphatic hydroxyl groups is 5. The normalized spacial score (nSPS) is 23.5. The van der Waals surface area contributed by atoms with Crippen molar-refractivity contribution < 1.29 is 72.8 Å². The van der Waals surface area contributed by atoms with Gasteiger partial charge in [-0.2, -0.15) is 0 Å². The molecule has 10 N–H and O–H groups in total. The van der Waals surface area contributed by atoms with Crippen LogP contribution in [0.3, 0.4) is 0 Å². The molecule has 2 heterocycles. The van der Waals surface area contributed by atoms with Crippen LogP contribution in [0.25, 0.3) is 0 Å². The molecule has 1 aliphatic rings. The molecule has 0 unspecified atom stereocenters. The van der Waals surface area contributed by atoms with E-state index in [1.54, 1.807) is 6.92 Å². The van der Waals surface area contributed by atoms with Gasteiger partial charge in [-0.15, -0.1) is 0 Å². The number of H-pyrrole nitrogens is 1. The number of phosphoric ester groups is 2. The minimum atomic E-state index is -5.30. The first kappa shape index (κ1) is 33.4. The van der Waals surface area contributed by atoms with Crippen LogP contribution in [0.4, 0.5) is 0 Å². The van der Waals surface area contributed by atoms with Crippen LogP contribution >= 0.6 is 15.6 Å². The summed E-state index contributed by atoms with van der Waals surface area (Å²) in [5.74, 6) is 0. The molecule has 37 heavy (non-hydrogen) atoms. The van der Waals surface area contributed by atoms with Gasteiger partial charge >= 0.3 is 21.3 Å². The fourth-order valence-electron chi connectivity index (χ4n) is 2.97. The molecule has 0 spiro atoms. The van der Waals surface area contributed by atoms with E-state index < -0.39 is 76.4 Å². The second-order valence-electron chi connectivity index (χ2n) is 7.59. The molecule has 1 saturated heterocycles. The van der Waals surface area contributed by atoms with Gasteiger partial charge in [-0.05, 0) is 6.92 Å². The van der Waals surface area contributed by atoms with Gasteiger partial charge in [0, 0.05) is 18.2 Å². The van der Waals surface area contributed by atoms with E-state index in [4.69, 9.17) is 39.6 Å². The first-order valence-electron chi connectivity index (χ1n) is 10.1. The maximum absolute atomic E-state index is 11.6. The zero-order valence-electron chi connectivity index (χ0n) is 19.0. The smallest absolute Gasteiger partial charge is 0.394 e. The molecule has 1 aliphatic heterocycles. The molecule has 0 aromatic carbocycles. The Morgan fingerprint density at radius 2 is 1.73 bits per heavy atom. The Morgan fingerprint density at radius 3 is 2.16 bits per heavy atom. The summed E-state index contributed by atoms with van der Waals surface area (Å²) in [5, 5.41) is 45.7. The van der Waals surface area contributed by atoms with Crippen molar-refractivity contribution in [2.24, 2.45) is 0 Å². The predicted molar refractivity (Wildman–Crippen MR) is 117 cm³/mol. The molecule has 0 amide bonds. The lowest BCUT2D eigenvalue weighted by atomic mass is 10.0. The molecular weight excluding hydrogens is 554 g/mol. The zero-order chi connectivity index (χ0) is 28.7. The maximum atomic E-state index is 11.6. The molecule has 19 nitrogen and oxygen atoms in total. The summed E-state index contributed by atoms with van der Waals surface area (Å²) >= 11 is 0. The lowest BCUT2D eigenvalue weighted by molar-refractivity contribution is -0.133.